The highest BCUT2D eigenvalue weighted by Crippen LogP contribution is 2.28. The van der Waals surface area contributed by atoms with Gasteiger partial charge in [-0.15, -0.1) is 0 Å². The van der Waals surface area contributed by atoms with Gasteiger partial charge < -0.3 is 9.80 Å². The number of anilines is 2. The molecule has 0 atom stereocenters. The molecule has 0 aromatic heterocycles. The van der Waals surface area contributed by atoms with Crippen LogP contribution in [0.4, 0.5) is 11.4 Å². The molecule has 1 heterocycles. The number of fused-ring (bicyclic) bond motifs is 1. The summed E-state index contributed by atoms with van der Waals surface area (Å²) in [6.07, 6.45) is 3.54. The number of nitriles is 1. The summed E-state index contributed by atoms with van der Waals surface area (Å²) >= 11 is 0. The number of benzene rings is 2. The first-order valence-electron chi connectivity index (χ1n) is 8.58. The molecule has 1 aliphatic heterocycles. The van der Waals surface area contributed by atoms with Gasteiger partial charge in [-0.05, 0) is 43.5 Å². The van der Waals surface area contributed by atoms with E-state index in [-0.39, 0.29) is 11.5 Å². The molecule has 2 aromatic rings. The molecule has 4 nitrogen and oxygen atoms in total. The fourth-order valence-electron chi connectivity index (χ4n) is 3.15. The predicted molar refractivity (Wildman–Crippen MR) is 100 cm³/mol. The van der Waals surface area contributed by atoms with Crippen molar-refractivity contribution in [3.05, 3.63) is 71.9 Å². The van der Waals surface area contributed by atoms with Gasteiger partial charge in [-0.2, -0.15) is 5.26 Å². The average Bonchev–Trinajstić information content (AvgIpc) is 2.69. The number of aryl methyl sites for hydroxylation is 1. The Balaban J connectivity index is 1.91. The van der Waals surface area contributed by atoms with Crippen LogP contribution >= 0.6 is 0 Å². The summed E-state index contributed by atoms with van der Waals surface area (Å²) in [7, 11) is 0. The zero-order valence-electron chi connectivity index (χ0n) is 14.4. The van der Waals surface area contributed by atoms with E-state index in [2.05, 4.69) is 6.07 Å². The Morgan fingerprint density at radius 3 is 2.64 bits per heavy atom. The van der Waals surface area contributed by atoms with Crippen molar-refractivity contribution in [3.63, 3.8) is 0 Å². The van der Waals surface area contributed by atoms with Crippen molar-refractivity contribution in [1.82, 2.24) is 0 Å². The summed E-state index contributed by atoms with van der Waals surface area (Å²) in [6.45, 7) is 3.32. The number of hydrogen-bond donors (Lipinski definition) is 0. The number of para-hydroxylation sites is 2. The topological polar surface area (TPSA) is 47.3 Å². The molecule has 0 N–H and O–H groups in total. The maximum Gasteiger partial charge on any atom is 0.270 e. The van der Waals surface area contributed by atoms with Crippen LogP contribution in [0.3, 0.4) is 0 Å². The van der Waals surface area contributed by atoms with Gasteiger partial charge in [-0.3, -0.25) is 4.79 Å². The van der Waals surface area contributed by atoms with Gasteiger partial charge in [-0.1, -0.05) is 36.4 Å². The highest BCUT2D eigenvalue weighted by molar-refractivity contribution is 6.09. The number of carbonyl (C=O) groups excluding carboxylic acids is 1. The number of amides is 1. The van der Waals surface area contributed by atoms with Crippen LogP contribution in [0.1, 0.15) is 18.9 Å². The Morgan fingerprint density at radius 1 is 1.20 bits per heavy atom. The van der Waals surface area contributed by atoms with Crippen LogP contribution in [0.2, 0.25) is 0 Å². The lowest BCUT2D eigenvalue weighted by atomic mass is 10.0. The predicted octanol–water partition coefficient (Wildman–Crippen LogP) is 3.90. The minimum absolute atomic E-state index is 0.155. The van der Waals surface area contributed by atoms with Crippen molar-refractivity contribution >= 4 is 17.3 Å². The number of nitrogens with zero attached hydrogens (tertiary/aromatic N) is 3. The highest BCUT2D eigenvalue weighted by Gasteiger charge is 2.25. The molecular weight excluding hydrogens is 310 g/mol. The summed E-state index contributed by atoms with van der Waals surface area (Å²) in [6, 6.07) is 19.8. The van der Waals surface area contributed by atoms with Crippen molar-refractivity contribution in [2.24, 2.45) is 0 Å². The second-order valence-electron chi connectivity index (χ2n) is 5.97. The van der Waals surface area contributed by atoms with Crippen molar-refractivity contribution in [3.8, 4) is 6.07 Å². The van der Waals surface area contributed by atoms with Gasteiger partial charge in [-0.25, -0.2) is 0 Å². The molecule has 0 spiro atoms. The SMILES string of the molecule is CCN(/C=C(/C#N)C(=O)N1CCCc2ccccc21)c1ccccc1. The lowest BCUT2D eigenvalue weighted by Crippen LogP contribution is -2.36. The van der Waals surface area contributed by atoms with E-state index in [0.29, 0.717) is 13.1 Å². The van der Waals surface area contributed by atoms with Crippen molar-refractivity contribution in [2.75, 3.05) is 22.9 Å². The molecule has 0 radical (unpaired) electrons. The first-order chi connectivity index (χ1) is 12.2. The second-order valence-corrected chi connectivity index (χ2v) is 5.97. The first kappa shape index (κ1) is 16.8. The molecule has 0 aliphatic carbocycles. The van der Waals surface area contributed by atoms with E-state index < -0.39 is 0 Å². The summed E-state index contributed by atoms with van der Waals surface area (Å²) in [5.74, 6) is -0.232. The third kappa shape index (κ3) is 3.56. The van der Waals surface area contributed by atoms with Crippen molar-refractivity contribution in [2.45, 2.75) is 19.8 Å². The van der Waals surface area contributed by atoms with E-state index in [0.717, 1.165) is 29.8 Å². The van der Waals surface area contributed by atoms with Crippen LogP contribution in [-0.4, -0.2) is 19.0 Å². The van der Waals surface area contributed by atoms with E-state index in [1.807, 2.05) is 66.4 Å². The molecule has 0 fully saturated rings. The summed E-state index contributed by atoms with van der Waals surface area (Å²) in [5, 5.41) is 9.57. The smallest absolute Gasteiger partial charge is 0.270 e. The average molecular weight is 331 g/mol. The van der Waals surface area contributed by atoms with E-state index in [4.69, 9.17) is 0 Å². The highest BCUT2D eigenvalue weighted by atomic mass is 16.2. The minimum Gasteiger partial charge on any atom is -0.347 e. The normalized spacial score (nSPS) is 13.8. The zero-order valence-corrected chi connectivity index (χ0v) is 14.4. The van der Waals surface area contributed by atoms with Crippen molar-refractivity contribution < 1.29 is 4.79 Å². The molecule has 1 aliphatic rings. The quantitative estimate of drug-likeness (QED) is 0.630. The Kier molecular flexibility index (Phi) is 5.15. The first-order valence-corrected chi connectivity index (χ1v) is 8.58. The van der Waals surface area contributed by atoms with Gasteiger partial charge in [0.1, 0.15) is 11.6 Å². The van der Waals surface area contributed by atoms with Gasteiger partial charge in [0.25, 0.3) is 5.91 Å². The standard InChI is InChI=1S/C21H21N3O/c1-2-23(19-11-4-3-5-12-19)16-18(15-22)21(25)24-14-8-10-17-9-6-7-13-20(17)24/h3-7,9,11-13,16H,2,8,10,14H2,1H3/b18-16-. The summed E-state index contributed by atoms with van der Waals surface area (Å²) < 4.78 is 0. The van der Waals surface area contributed by atoms with Crippen LogP contribution in [0.15, 0.2) is 66.4 Å². The van der Waals surface area contributed by atoms with Gasteiger partial charge in [0, 0.05) is 30.7 Å². The molecule has 1 amide bonds. The van der Waals surface area contributed by atoms with Gasteiger partial charge in [0.2, 0.25) is 0 Å². The molecule has 0 unspecified atom stereocenters. The van der Waals surface area contributed by atoms with Crippen molar-refractivity contribution in [1.29, 1.82) is 5.26 Å². The van der Waals surface area contributed by atoms with E-state index in [9.17, 15) is 10.1 Å². The molecule has 0 saturated heterocycles. The van der Waals surface area contributed by atoms with E-state index in [1.165, 1.54) is 0 Å². The maximum absolute atomic E-state index is 13.0. The Hall–Kier alpha value is -3.06. The fourth-order valence-corrected chi connectivity index (χ4v) is 3.15. The van der Waals surface area contributed by atoms with Crippen LogP contribution in [0, 0.1) is 11.3 Å². The molecular formula is C21H21N3O. The molecule has 0 bridgehead atoms. The summed E-state index contributed by atoms with van der Waals surface area (Å²) in [4.78, 5) is 16.6. The minimum atomic E-state index is -0.232. The Bertz CT molecular complexity index is 821. The molecule has 3 rings (SSSR count). The maximum atomic E-state index is 13.0. The number of carbonyl (C=O) groups is 1. The number of rotatable bonds is 4. The van der Waals surface area contributed by atoms with E-state index >= 15 is 0 Å². The van der Waals surface area contributed by atoms with Crippen LogP contribution in [0.5, 0.6) is 0 Å². The zero-order chi connectivity index (χ0) is 17.6. The molecule has 4 heteroatoms. The van der Waals surface area contributed by atoms with Gasteiger partial charge in [0.05, 0.1) is 0 Å². The molecule has 0 saturated carbocycles. The van der Waals surface area contributed by atoms with Crippen LogP contribution in [0.25, 0.3) is 0 Å². The second kappa shape index (κ2) is 7.67. The third-order valence-corrected chi connectivity index (χ3v) is 4.42. The van der Waals surface area contributed by atoms with Crippen LogP contribution in [-0.2, 0) is 11.2 Å². The van der Waals surface area contributed by atoms with E-state index in [1.54, 1.807) is 11.1 Å². The van der Waals surface area contributed by atoms with Gasteiger partial charge in [0.15, 0.2) is 0 Å². The molecule has 25 heavy (non-hydrogen) atoms. The Labute approximate surface area is 148 Å². The molecule has 126 valence electrons. The monoisotopic (exact) mass is 331 g/mol. The van der Waals surface area contributed by atoms with Crippen LogP contribution < -0.4 is 9.80 Å². The lowest BCUT2D eigenvalue weighted by molar-refractivity contribution is -0.114. The largest absolute Gasteiger partial charge is 0.347 e. The fraction of sp³-hybridized carbons (Fsp3) is 0.238. The summed E-state index contributed by atoms with van der Waals surface area (Å²) in [5.41, 5.74) is 3.20. The Morgan fingerprint density at radius 2 is 1.92 bits per heavy atom. The number of hydrogen-bond acceptors (Lipinski definition) is 3. The lowest BCUT2D eigenvalue weighted by Gasteiger charge is -2.29. The third-order valence-electron chi connectivity index (χ3n) is 4.42. The molecule has 2 aromatic carbocycles. The van der Waals surface area contributed by atoms with Gasteiger partial charge >= 0.3 is 0 Å².